The molecule has 0 aromatic rings. The van der Waals surface area contributed by atoms with Gasteiger partial charge in [-0.25, -0.2) is 0 Å². The van der Waals surface area contributed by atoms with Crippen molar-refractivity contribution in [1.29, 1.82) is 0 Å². The highest BCUT2D eigenvalue weighted by Crippen LogP contribution is 2.26. The van der Waals surface area contributed by atoms with Gasteiger partial charge < -0.3 is 14.8 Å². The fourth-order valence-electron chi connectivity index (χ4n) is 2.19. The maximum atomic E-state index is 11.7. The molecule has 0 aromatic heterocycles. The number of hydrogen-bond donors (Lipinski definition) is 1. The van der Waals surface area contributed by atoms with Crippen molar-refractivity contribution in [3.63, 3.8) is 0 Å². The second-order valence-corrected chi connectivity index (χ2v) is 4.11. The van der Waals surface area contributed by atoms with Crippen LogP contribution in [0.1, 0.15) is 13.8 Å². The third-order valence-corrected chi connectivity index (χ3v) is 3.01. The van der Waals surface area contributed by atoms with E-state index in [1.807, 2.05) is 6.92 Å². The van der Waals surface area contributed by atoms with Crippen molar-refractivity contribution in [2.45, 2.75) is 13.8 Å². The third kappa shape index (κ3) is 3.18. The van der Waals surface area contributed by atoms with E-state index in [1.54, 1.807) is 7.11 Å². The van der Waals surface area contributed by atoms with Gasteiger partial charge in [-0.3, -0.25) is 4.79 Å². The Morgan fingerprint density at radius 3 is 2.87 bits per heavy atom. The van der Waals surface area contributed by atoms with E-state index in [1.165, 1.54) is 0 Å². The summed E-state index contributed by atoms with van der Waals surface area (Å²) < 4.78 is 10.2. The lowest BCUT2D eigenvalue weighted by Gasteiger charge is -2.22. The van der Waals surface area contributed by atoms with Crippen LogP contribution in [-0.2, 0) is 14.3 Å². The molecule has 1 heterocycles. The van der Waals surface area contributed by atoms with E-state index >= 15 is 0 Å². The van der Waals surface area contributed by atoms with E-state index in [0.29, 0.717) is 25.0 Å². The van der Waals surface area contributed by atoms with Crippen molar-refractivity contribution in [3.8, 4) is 0 Å². The van der Waals surface area contributed by atoms with Crippen LogP contribution in [0.25, 0.3) is 0 Å². The molecule has 1 rings (SSSR count). The predicted molar refractivity (Wildman–Crippen MR) is 57.5 cm³/mol. The van der Waals surface area contributed by atoms with Gasteiger partial charge in [-0.1, -0.05) is 6.92 Å². The van der Waals surface area contributed by atoms with Gasteiger partial charge in [-0.05, 0) is 25.3 Å². The minimum atomic E-state index is -0.0737. The smallest absolute Gasteiger partial charge is 0.310 e. The highest BCUT2D eigenvalue weighted by Gasteiger charge is 2.37. The predicted octanol–water partition coefficient (Wildman–Crippen LogP) is 0.668. The molecule has 0 saturated carbocycles. The van der Waals surface area contributed by atoms with Gasteiger partial charge in [0, 0.05) is 20.3 Å². The molecule has 3 unspecified atom stereocenters. The molecule has 0 amide bonds. The van der Waals surface area contributed by atoms with Crippen molar-refractivity contribution in [2.75, 3.05) is 33.4 Å². The number of hydrogen-bond acceptors (Lipinski definition) is 4. The largest absolute Gasteiger partial charge is 0.466 e. The summed E-state index contributed by atoms with van der Waals surface area (Å²) >= 11 is 0. The maximum absolute atomic E-state index is 11.7. The number of nitrogens with one attached hydrogen (secondary N) is 1. The Kier molecular flexibility index (Phi) is 5.05. The Labute approximate surface area is 91.3 Å². The quantitative estimate of drug-likeness (QED) is 0.685. The summed E-state index contributed by atoms with van der Waals surface area (Å²) in [5, 5.41) is 3.24. The number of carbonyl (C=O) groups excluding carboxylic acids is 1. The van der Waals surface area contributed by atoms with Crippen molar-refractivity contribution >= 4 is 5.97 Å². The molecule has 0 aromatic carbocycles. The summed E-state index contributed by atoms with van der Waals surface area (Å²) in [4.78, 5) is 11.7. The van der Waals surface area contributed by atoms with Crippen molar-refractivity contribution in [1.82, 2.24) is 5.32 Å². The lowest BCUT2D eigenvalue weighted by Crippen LogP contribution is -2.30. The van der Waals surface area contributed by atoms with Crippen LogP contribution in [0.3, 0.4) is 0 Å². The molecule has 15 heavy (non-hydrogen) atoms. The second kappa shape index (κ2) is 6.08. The lowest BCUT2D eigenvalue weighted by atomic mass is 9.85. The van der Waals surface area contributed by atoms with E-state index in [4.69, 9.17) is 9.47 Å². The molecule has 1 aliphatic heterocycles. The van der Waals surface area contributed by atoms with Crippen LogP contribution >= 0.6 is 0 Å². The van der Waals surface area contributed by atoms with Crippen LogP contribution in [0, 0.1) is 17.8 Å². The van der Waals surface area contributed by atoms with Crippen LogP contribution < -0.4 is 5.32 Å². The summed E-state index contributed by atoms with van der Waals surface area (Å²) in [6.07, 6.45) is 0. The van der Waals surface area contributed by atoms with E-state index in [9.17, 15) is 4.79 Å². The highest BCUT2D eigenvalue weighted by molar-refractivity contribution is 5.73. The fourth-order valence-corrected chi connectivity index (χ4v) is 2.19. The van der Waals surface area contributed by atoms with Crippen LogP contribution in [0.5, 0.6) is 0 Å². The van der Waals surface area contributed by atoms with E-state index < -0.39 is 0 Å². The average molecular weight is 215 g/mol. The highest BCUT2D eigenvalue weighted by atomic mass is 16.5. The molecule has 1 fully saturated rings. The Hall–Kier alpha value is -0.610. The van der Waals surface area contributed by atoms with Gasteiger partial charge in [-0.2, -0.15) is 0 Å². The second-order valence-electron chi connectivity index (χ2n) is 4.11. The van der Waals surface area contributed by atoms with Gasteiger partial charge in [0.05, 0.1) is 12.5 Å². The molecule has 4 heteroatoms. The van der Waals surface area contributed by atoms with Crippen LogP contribution in [0.2, 0.25) is 0 Å². The van der Waals surface area contributed by atoms with Crippen molar-refractivity contribution in [2.24, 2.45) is 17.8 Å². The Morgan fingerprint density at radius 2 is 2.27 bits per heavy atom. The first-order valence-electron chi connectivity index (χ1n) is 5.57. The fraction of sp³-hybridized carbons (Fsp3) is 0.909. The number of rotatable bonds is 5. The van der Waals surface area contributed by atoms with Gasteiger partial charge in [0.2, 0.25) is 0 Å². The Bertz CT molecular complexity index is 208. The Morgan fingerprint density at radius 1 is 1.53 bits per heavy atom. The molecule has 1 saturated heterocycles. The monoisotopic (exact) mass is 215 g/mol. The normalized spacial score (nSPS) is 27.7. The minimum Gasteiger partial charge on any atom is -0.466 e. The first kappa shape index (κ1) is 12.5. The molecule has 1 aliphatic rings. The lowest BCUT2D eigenvalue weighted by molar-refractivity contribution is -0.149. The van der Waals surface area contributed by atoms with Gasteiger partial charge in [0.15, 0.2) is 0 Å². The zero-order valence-corrected chi connectivity index (χ0v) is 9.79. The summed E-state index contributed by atoms with van der Waals surface area (Å²) in [5.74, 6) is 0.647. The molecule has 0 spiro atoms. The number of carbonyl (C=O) groups is 1. The first-order chi connectivity index (χ1) is 7.20. The molecule has 88 valence electrons. The molecule has 0 aliphatic carbocycles. The summed E-state index contributed by atoms with van der Waals surface area (Å²) in [6, 6.07) is 0. The van der Waals surface area contributed by atoms with Gasteiger partial charge >= 0.3 is 5.97 Å². The van der Waals surface area contributed by atoms with Crippen LogP contribution in [0.4, 0.5) is 0 Å². The number of methoxy groups -OCH3 is 1. The van der Waals surface area contributed by atoms with E-state index in [0.717, 1.165) is 13.1 Å². The van der Waals surface area contributed by atoms with Crippen LogP contribution in [0.15, 0.2) is 0 Å². The Balaban J connectivity index is 2.52. The number of esters is 1. The SMILES string of the molecule is CCOC(=O)C1CNCC1C(C)COC. The zero-order valence-electron chi connectivity index (χ0n) is 9.79. The van der Waals surface area contributed by atoms with Crippen molar-refractivity contribution < 1.29 is 14.3 Å². The van der Waals surface area contributed by atoms with Crippen LogP contribution in [-0.4, -0.2) is 39.4 Å². The van der Waals surface area contributed by atoms with Gasteiger partial charge in [-0.15, -0.1) is 0 Å². The maximum Gasteiger partial charge on any atom is 0.310 e. The van der Waals surface area contributed by atoms with Gasteiger partial charge in [0.1, 0.15) is 0 Å². The number of ether oxygens (including phenoxy) is 2. The van der Waals surface area contributed by atoms with Crippen molar-refractivity contribution in [3.05, 3.63) is 0 Å². The summed E-state index contributed by atoms with van der Waals surface area (Å²) in [5.41, 5.74) is 0. The summed E-state index contributed by atoms with van der Waals surface area (Å²) in [6.45, 7) is 6.73. The van der Waals surface area contributed by atoms with E-state index in [-0.39, 0.29) is 11.9 Å². The molecule has 4 nitrogen and oxygen atoms in total. The molecule has 0 radical (unpaired) electrons. The summed E-state index contributed by atoms with van der Waals surface area (Å²) in [7, 11) is 1.69. The zero-order chi connectivity index (χ0) is 11.3. The molecular formula is C11H21NO3. The molecular weight excluding hydrogens is 194 g/mol. The molecule has 0 bridgehead atoms. The van der Waals surface area contributed by atoms with E-state index in [2.05, 4.69) is 12.2 Å². The molecule has 1 N–H and O–H groups in total. The third-order valence-electron chi connectivity index (χ3n) is 3.01. The molecule has 3 atom stereocenters. The minimum absolute atomic E-state index is 0.00454. The topological polar surface area (TPSA) is 47.6 Å². The van der Waals surface area contributed by atoms with Gasteiger partial charge in [0.25, 0.3) is 0 Å². The first-order valence-corrected chi connectivity index (χ1v) is 5.57. The standard InChI is InChI=1S/C11H21NO3/c1-4-15-11(13)10-6-12-5-9(10)8(2)7-14-3/h8-10,12H,4-7H2,1-3H3. The average Bonchev–Trinajstić information content (AvgIpc) is 2.66.